The Labute approximate surface area is 183 Å². The number of nitrogens with zero attached hydrogens (tertiary/aromatic N) is 3. The van der Waals surface area contributed by atoms with Crippen molar-refractivity contribution in [3.63, 3.8) is 0 Å². The second kappa shape index (κ2) is 7.87. The Hall–Kier alpha value is -3.96. The minimum absolute atomic E-state index is 0.0145. The molecule has 0 saturated carbocycles. The van der Waals surface area contributed by atoms with Crippen molar-refractivity contribution in [3.8, 4) is 11.3 Å². The summed E-state index contributed by atoms with van der Waals surface area (Å²) >= 11 is 0. The van der Waals surface area contributed by atoms with E-state index < -0.39 is 41.4 Å². The zero-order valence-electron chi connectivity index (χ0n) is 16.7. The number of primary amides is 2. The smallest absolute Gasteiger partial charge is 0.365 e. The van der Waals surface area contributed by atoms with Crippen LogP contribution in [0.2, 0.25) is 0 Å². The molecule has 12 heteroatoms. The Balaban J connectivity index is 1.96. The zero-order chi connectivity index (χ0) is 24.1. The van der Waals surface area contributed by atoms with Gasteiger partial charge in [0, 0.05) is 12.1 Å². The largest absolute Gasteiger partial charge is 0.419 e. The van der Waals surface area contributed by atoms with Gasteiger partial charge in [0.1, 0.15) is 23.4 Å². The van der Waals surface area contributed by atoms with Gasteiger partial charge in [-0.25, -0.2) is 13.6 Å². The van der Waals surface area contributed by atoms with Crippen LogP contribution in [-0.4, -0.2) is 33.2 Å². The number of carbonyl (C=O) groups excluding carboxylic acids is 2. The number of aromatic nitrogens is 2. The number of hydrogen-bond acceptors (Lipinski definition) is 3. The summed E-state index contributed by atoms with van der Waals surface area (Å²) < 4.78 is 68.6. The summed E-state index contributed by atoms with van der Waals surface area (Å²) in [5, 5.41) is 4.33. The number of nitrogens with two attached hydrogens (primary N) is 2. The molecule has 0 fully saturated rings. The molecule has 0 aliphatic carbocycles. The number of fused-ring (bicyclic) bond motifs is 1. The van der Waals surface area contributed by atoms with Gasteiger partial charge in [0.15, 0.2) is 0 Å². The highest BCUT2D eigenvalue weighted by atomic mass is 19.4. The van der Waals surface area contributed by atoms with Gasteiger partial charge in [0.2, 0.25) is 0 Å². The molecule has 4 N–H and O–H groups in total. The number of urea groups is 1. The van der Waals surface area contributed by atoms with Gasteiger partial charge in [-0.3, -0.25) is 9.48 Å². The standard InChI is InChI=1S/C21H16F5N5O2/c22-12-3-1-2-10(8-12)16-15(19(27)32)18-17(30(20(28)33)6-7-31(18)29-16)11-4-5-13(14(23)9-11)21(24,25)26/h1-5,8-9,17H,6-7H2,(H2,27,32)(H2,28,33). The molecule has 0 radical (unpaired) electrons. The van der Waals surface area contributed by atoms with Gasteiger partial charge < -0.3 is 16.4 Å². The first kappa shape index (κ1) is 22.2. The van der Waals surface area contributed by atoms with Crippen molar-refractivity contribution < 1.29 is 31.5 Å². The average molecular weight is 465 g/mol. The molecule has 1 aliphatic rings. The molecule has 2 heterocycles. The van der Waals surface area contributed by atoms with E-state index in [1.807, 2.05) is 0 Å². The lowest BCUT2D eigenvalue weighted by atomic mass is 9.93. The average Bonchev–Trinajstić information content (AvgIpc) is 3.12. The Kier molecular flexibility index (Phi) is 5.30. The lowest BCUT2D eigenvalue weighted by Crippen LogP contribution is -2.46. The van der Waals surface area contributed by atoms with Crippen LogP contribution in [0.15, 0.2) is 42.5 Å². The van der Waals surface area contributed by atoms with Gasteiger partial charge in [-0.15, -0.1) is 0 Å². The molecule has 2 aromatic carbocycles. The fraction of sp³-hybridized carbons (Fsp3) is 0.190. The number of rotatable bonds is 3. The third-order valence-electron chi connectivity index (χ3n) is 5.36. The zero-order valence-corrected chi connectivity index (χ0v) is 16.7. The molecule has 172 valence electrons. The quantitative estimate of drug-likeness (QED) is 0.579. The summed E-state index contributed by atoms with van der Waals surface area (Å²) in [5.74, 6) is -3.14. The topological polar surface area (TPSA) is 107 Å². The first-order valence-corrected chi connectivity index (χ1v) is 9.58. The van der Waals surface area contributed by atoms with Crippen molar-refractivity contribution in [2.24, 2.45) is 11.5 Å². The van der Waals surface area contributed by atoms with E-state index in [1.54, 1.807) is 0 Å². The van der Waals surface area contributed by atoms with Crippen molar-refractivity contribution in [1.82, 2.24) is 14.7 Å². The Morgan fingerprint density at radius 3 is 2.33 bits per heavy atom. The number of alkyl halides is 3. The van der Waals surface area contributed by atoms with Crippen molar-refractivity contribution in [2.45, 2.75) is 18.8 Å². The van der Waals surface area contributed by atoms with E-state index in [1.165, 1.54) is 22.9 Å². The van der Waals surface area contributed by atoms with Crippen LogP contribution in [0.4, 0.5) is 26.7 Å². The third-order valence-corrected chi connectivity index (χ3v) is 5.36. The Morgan fingerprint density at radius 1 is 1.03 bits per heavy atom. The Morgan fingerprint density at radius 2 is 1.76 bits per heavy atom. The molecule has 1 atom stereocenters. The van der Waals surface area contributed by atoms with Crippen LogP contribution in [0.1, 0.15) is 33.2 Å². The molecule has 1 unspecified atom stereocenters. The summed E-state index contributed by atoms with van der Waals surface area (Å²) in [4.78, 5) is 25.6. The van der Waals surface area contributed by atoms with Gasteiger partial charge >= 0.3 is 12.2 Å². The maximum Gasteiger partial charge on any atom is 0.419 e. The monoisotopic (exact) mass is 465 g/mol. The first-order chi connectivity index (χ1) is 15.5. The minimum Gasteiger partial charge on any atom is -0.365 e. The van der Waals surface area contributed by atoms with Crippen LogP contribution in [0.25, 0.3) is 11.3 Å². The van der Waals surface area contributed by atoms with Gasteiger partial charge in [0.05, 0.1) is 23.4 Å². The summed E-state index contributed by atoms with van der Waals surface area (Å²) in [6, 6.07) is 5.14. The summed E-state index contributed by atoms with van der Waals surface area (Å²) in [6.07, 6.45) is -4.93. The second-order valence-electron chi connectivity index (χ2n) is 7.38. The van der Waals surface area contributed by atoms with Crippen LogP contribution >= 0.6 is 0 Å². The lowest BCUT2D eigenvalue weighted by molar-refractivity contribution is -0.140. The van der Waals surface area contributed by atoms with Gasteiger partial charge in [-0.1, -0.05) is 18.2 Å². The predicted octanol–water partition coefficient (Wildman–Crippen LogP) is 3.43. The van der Waals surface area contributed by atoms with E-state index in [-0.39, 0.29) is 41.2 Å². The van der Waals surface area contributed by atoms with Crippen LogP contribution < -0.4 is 11.5 Å². The van der Waals surface area contributed by atoms with Crippen LogP contribution in [0.3, 0.4) is 0 Å². The highest BCUT2D eigenvalue weighted by Crippen LogP contribution is 2.40. The molecule has 33 heavy (non-hydrogen) atoms. The normalized spacial score (nSPS) is 15.9. The maximum atomic E-state index is 14.4. The highest BCUT2D eigenvalue weighted by Gasteiger charge is 2.40. The molecule has 4 rings (SSSR count). The van der Waals surface area contributed by atoms with Crippen molar-refractivity contribution in [3.05, 3.63) is 76.5 Å². The van der Waals surface area contributed by atoms with E-state index in [2.05, 4.69) is 5.10 Å². The molecule has 0 bridgehead atoms. The number of carbonyl (C=O) groups is 2. The number of amides is 3. The van der Waals surface area contributed by atoms with E-state index in [0.717, 1.165) is 17.0 Å². The van der Waals surface area contributed by atoms with E-state index in [9.17, 15) is 31.5 Å². The van der Waals surface area contributed by atoms with Gasteiger partial charge in [-0.05, 0) is 29.8 Å². The Bertz CT molecular complexity index is 1270. The van der Waals surface area contributed by atoms with E-state index in [0.29, 0.717) is 12.1 Å². The van der Waals surface area contributed by atoms with Gasteiger partial charge in [-0.2, -0.15) is 18.3 Å². The minimum atomic E-state index is -4.93. The summed E-state index contributed by atoms with van der Waals surface area (Å²) in [5.41, 5.74) is 9.58. The maximum absolute atomic E-state index is 14.4. The molecular formula is C21H16F5N5O2. The van der Waals surface area contributed by atoms with E-state index in [4.69, 9.17) is 11.5 Å². The van der Waals surface area contributed by atoms with Gasteiger partial charge in [0.25, 0.3) is 5.91 Å². The molecule has 1 aliphatic heterocycles. The van der Waals surface area contributed by atoms with Crippen molar-refractivity contribution in [2.75, 3.05) is 6.54 Å². The fourth-order valence-corrected chi connectivity index (χ4v) is 3.99. The first-order valence-electron chi connectivity index (χ1n) is 9.58. The summed E-state index contributed by atoms with van der Waals surface area (Å²) in [7, 11) is 0. The lowest BCUT2D eigenvalue weighted by Gasteiger charge is -2.36. The van der Waals surface area contributed by atoms with Crippen molar-refractivity contribution in [1.29, 1.82) is 0 Å². The number of halogens is 5. The molecule has 0 spiro atoms. The molecule has 0 saturated heterocycles. The highest BCUT2D eigenvalue weighted by molar-refractivity contribution is 6.00. The van der Waals surface area contributed by atoms with Crippen LogP contribution in [0, 0.1) is 11.6 Å². The predicted molar refractivity (Wildman–Crippen MR) is 106 cm³/mol. The van der Waals surface area contributed by atoms with Crippen molar-refractivity contribution >= 4 is 11.9 Å². The SMILES string of the molecule is NC(=O)c1c(-c2cccc(F)c2)nn2c1C(c1ccc(C(F)(F)F)c(F)c1)N(C(N)=O)CC2. The third kappa shape index (κ3) is 3.88. The van der Waals surface area contributed by atoms with Crippen LogP contribution in [-0.2, 0) is 12.7 Å². The molecule has 3 amide bonds. The molecule has 3 aromatic rings. The van der Waals surface area contributed by atoms with E-state index >= 15 is 0 Å². The molecule has 1 aromatic heterocycles. The fourth-order valence-electron chi connectivity index (χ4n) is 3.99. The van der Waals surface area contributed by atoms with Crippen LogP contribution in [0.5, 0.6) is 0 Å². The second-order valence-corrected chi connectivity index (χ2v) is 7.38. The molecule has 7 nitrogen and oxygen atoms in total. The summed E-state index contributed by atoms with van der Waals surface area (Å²) in [6.45, 7) is 0.0333. The number of hydrogen-bond donors (Lipinski definition) is 2. The molecular weight excluding hydrogens is 449 g/mol. The number of benzene rings is 2.